The highest BCUT2D eigenvalue weighted by Gasteiger charge is 2.15. The second kappa shape index (κ2) is 4.28. The number of nitrogens with two attached hydrogens (primary N) is 1. The van der Waals surface area contributed by atoms with Gasteiger partial charge in [0.1, 0.15) is 0 Å². The van der Waals surface area contributed by atoms with Crippen molar-refractivity contribution in [2.24, 2.45) is 12.8 Å². The van der Waals surface area contributed by atoms with Crippen LogP contribution in [0.2, 0.25) is 5.02 Å². The molecule has 0 bridgehead atoms. The second-order valence-electron chi connectivity index (χ2n) is 3.83. The first-order valence-electron chi connectivity index (χ1n) is 5.10. The predicted molar refractivity (Wildman–Crippen MR) is 65.4 cm³/mol. The fraction of sp³-hybridized carbons (Fsp3) is 0.250. The van der Waals surface area contributed by atoms with Gasteiger partial charge in [0.15, 0.2) is 0 Å². The topological polar surface area (TPSA) is 43.8 Å². The minimum atomic E-state index is -0.236. The summed E-state index contributed by atoms with van der Waals surface area (Å²) in [6.07, 6.45) is 0. The predicted octanol–water partition coefficient (Wildman–Crippen LogP) is 2.43. The average molecular weight is 236 g/mol. The molecule has 0 amide bonds. The van der Waals surface area contributed by atoms with Crippen LogP contribution in [0.3, 0.4) is 0 Å². The van der Waals surface area contributed by atoms with E-state index in [1.165, 1.54) is 0 Å². The Balaban J connectivity index is 2.43. The van der Waals surface area contributed by atoms with E-state index in [9.17, 15) is 0 Å². The second-order valence-corrected chi connectivity index (χ2v) is 4.24. The molecule has 4 heteroatoms. The van der Waals surface area contributed by atoms with E-state index in [1.807, 2.05) is 44.3 Å². The van der Waals surface area contributed by atoms with E-state index in [2.05, 4.69) is 5.10 Å². The molecule has 2 aromatic rings. The minimum Gasteiger partial charge on any atom is -0.319 e. The van der Waals surface area contributed by atoms with E-state index in [0.717, 1.165) is 17.0 Å². The third-order valence-electron chi connectivity index (χ3n) is 2.60. The first-order valence-corrected chi connectivity index (χ1v) is 5.48. The summed E-state index contributed by atoms with van der Waals surface area (Å²) >= 11 is 6.12. The lowest BCUT2D eigenvalue weighted by Gasteiger charge is -2.13. The lowest BCUT2D eigenvalue weighted by molar-refractivity contribution is 0.669. The van der Waals surface area contributed by atoms with Gasteiger partial charge in [-0.1, -0.05) is 29.8 Å². The van der Waals surface area contributed by atoms with Gasteiger partial charge in [-0.15, -0.1) is 0 Å². The van der Waals surface area contributed by atoms with E-state index in [4.69, 9.17) is 17.3 Å². The van der Waals surface area contributed by atoms with Gasteiger partial charge in [0.05, 0.1) is 17.4 Å². The first-order chi connectivity index (χ1) is 7.59. The van der Waals surface area contributed by atoms with Gasteiger partial charge < -0.3 is 5.73 Å². The number of aryl methyl sites for hydroxylation is 2. The van der Waals surface area contributed by atoms with Crippen molar-refractivity contribution in [2.75, 3.05) is 0 Å². The Morgan fingerprint density at radius 3 is 2.62 bits per heavy atom. The molecule has 1 atom stereocenters. The summed E-state index contributed by atoms with van der Waals surface area (Å²) in [5.41, 5.74) is 9.03. The zero-order valence-corrected chi connectivity index (χ0v) is 10.1. The molecule has 1 heterocycles. The molecule has 2 N–H and O–H groups in total. The standard InChI is InChI=1S/C12H14ClN3/c1-8-7-11(16(2)15-8)12(14)9-5-3-4-6-10(9)13/h3-7,12H,14H2,1-2H3. The summed E-state index contributed by atoms with van der Waals surface area (Å²) < 4.78 is 1.79. The molecule has 3 nitrogen and oxygen atoms in total. The van der Waals surface area contributed by atoms with Crippen molar-refractivity contribution < 1.29 is 0 Å². The monoisotopic (exact) mass is 235 g/mol. The molecule has 0 aliphatic heterocycles. The highest BCUT2D eigenvalue weighted by atomic mass is 35.5. The van der Waals surface area contributed by atoms with Crippen molar-refractivity contribution in [1.29, 1.82) is 0 Å². The summed E-state index contributed by atoms with van der Waals surface area (Å²) in [7, 11) is 1.89. The van der Waals surface area contributed by atoms with Gasteiger partial charge in [-0.2, -0.15) is 5.10 Å². The lowest BCUT2D eigenvalue weighted by Crippen LogP contribution is -2.16. The zero-order chi connectivity index (χ0) is 11.7. The molecular weight excluding hydrogens is 222 g/mol. The lowest BCUT2D eigenvalue weighted by atomic mass is 10.0. The molecule has 0 saturated heterocycles. The van der Waals surface area contributed by atoms with Crippen LogP contribution >= 0.6 is 11.6 Å². The summed E-state index contributed by atoms with van der Waals surface area (Å²) in [5.74, 6) is 0. The van der Waals surface area contributed by atoms with E-state index in [0.29, 0.717) is 5.02 Å². The van der Waals surface area contributed by atoms with E-state index >= 15 is 0 Å². The molecule has 0 spiro atoms. The van der Waals surface area contributed by atoms with Crippen LogP contribution in [0.4, 0.5) is 0 Å². The maximum Gasteiger partial charge on any atom is 0.0737 e. The van der Waals surface area contributed by atoms with Crippen molar-refractivity contribution in [3.8, 4) is 0 Å². The number of halogens is 1. The van der Waals surface area contributed by atoms with Crippen LogP contribution in [0.5, 0.6) is 0 Å². The third kappa shape index (κ3) is 1.96. The molecule has 1 aromatic heterocycles. The maximum atomic E-state index is 6.19. The van der Waals surface area contributed by atoms with Crippen LogP contribution < -0.4 is 5.73 Å². The maximum absolute atomic E-state index is 6.19. The van der Waals surface area contributed by atoms with Gasteiger partial charge in [0.25, 0.3) is 0 Å². The van der Waals surface area contributed by atoms with E-state index < -0.39 is 0 Å². The van der Waals surface area contributed by atoms with Gasteiger partial charge in [-0.05, 0) is 24.6 Å². The fourth-order valence-corrected chi connectivity index (χ4v) is 2.06. The average Bonchev–Trinajstić information content (AvgIpc) is 2.58. The van der Waals surface area contributed by atoms with Crippen LogP contribution in [0, 0.1) is 6.92 Å². The molecule has 2 rings (SSSR count). The Bertz CT molecular complexity index is 505. The van der Waals surface area contributed by atoms with E-state index in [-0.39, 0.29) is 6.04 Å². The zero-order valence-electron chi connectivity index (χ0n) is 9.31. The highest BCUT2D eigenvalue weighted by molar-refractivity contribution is 6.31. The number of hydrogen-bond donors (Lipinski definition) is 1. The summed E-state index contributed by atoms with van der Waals surface area (Å²) in [6, 6.07) is 9.36. The Morgan fingerprint density at radius 2 is 2.06 bits per heavy atom. The van der Waals surface area contributed by atoms with Crippen molar-refractivity contribution in [3.05, 3.63) is 52.3 Å². The normalized spacial score (nSPS) is 12.8. The quantitative estimate of drug-likeness (QED) is 0.869. The molecule has 16 heavy (non-hydrogen) atoms. The first kappa shape index (κ1) is 11.2. The summed E-state index contributed by atoms with van der Waals surface area (Å²) in [5, 5.41) is 4.97. The fourth-order valence-electron chi connectivity index (χ4n) is 1.81. The van der Waals surface area contributed by atoms with Gasteiger partial charge >= 0.3 is 0 Å². The Labute approximate surface area is 99.8 Å². The van der Waals surface area contributed by atoms with Crippen molar-refractivity contribution >= 4 is 11.6 Å². The highest BCUT2D eigenvalue weighted by Crippen LogP contribution is 2.26. The van der Waals surface area contributed by atoms with Crippen molar-refractivity contribution in [2.45, 2.75) is 13.0 Å². The van der Waals surface area contributed by atoms with Gasteiger partial charge in [0, 0.05) is 12.1 Å². The van der Waals surface area contributed by atoms with E-state index in [1.54, 1.807) is 4.68 Å². The third-order valence-corrected chi connectivity index (χ3v) is 2.94. The van der Waals surface area contributed by atoms with Gasteiger partial charge in [0.2, 0.25) is 0 Å². The van der Waals surface area contributed by atoms with Crippen LogP contribution in [0.25, 0.3) is 0 Å². The van der Waals surface area contributed by atoms with Crippen LogP contribution in [0.1, 0.15) is 23.0 Å². The van der Waals surface area contributed by atoms with Crippen LogP contribution in [-0.2, 0) is 7.05 Å². The number of rotatable bonds is 2. The number of hydrogen-bond acceptors (Lipinski definition) is 2. The number of benzene rings is 1. The van der Waals surface area contributed by atoms with Crippen LogP contribution in [-0.4, -0.2) is 9.78 Å². The molecule has 0 aliphatic rings. The molecule has 0 radical (unpaired) electrons. The smallest absolute Gasteiger partial charge is 0.0737 e. The molecule has 1 unspecified atom stereocenters. The van der Waals surface area contributed by atoms with Crippen molar-refractivity contribution in [1.82, 2.24) is 9.78 Å². The number of nitrogens with zero attached hydrogens (tertiary/aromatic N) is 2. The molecule has 0 aliphatic carbocycles. The molecule has 84 valence electrons. The van der Waals surface area contributed by atoms with Gasteiger partial charge in [-0.3, -0.25) is 4.68 Å². The molecule has 0 fully saturated rings. The summed E-state index contributed by atoms with van der Waals surface area (Å²) in [4.78, 5) is 0. The Hall–Kier alpha value is -1.32. The minimum absolute atomic E-state index is 0.236. The van der Waals surface area contributed by atoms with Crippen LogP contribution in [0.15, 0.2) is 30.3 Å². The SMILES string of the molecule is Cc1cc(C(N)c2ccccc2Cl)n(C)n1. The Morgan fingerprint density at radius 1 is 1.38 bits per heavy atom. The summed E-state index contributed by atoms with van der Waals surface area (Å²) in [6.45, 7) is 1.95. The Kier molecular flexibility index (Phi) is 2.99. The molecular formula is C12H14ClN3. The molecule has 0 saturated carbocycles. The number of aromatic nitrogens is 2. The largest absolute Gasteiger partial charge is 0.319 e. The molecule has 1 aromatic carbocycles. The van der Waals surface area contributed by atoms with Gasteiger partial charge in [-0.25, -0.2) is 0 Å². The van der Waals surface area contributed by atoms with Crippen molar-refractivity contribution in [3.63, 3.8) is 0 Å².